The molecule has 2 aromatic rings. The molecule has 3 aliphatic rings. The number of rotatable bonds is 3. The predicted octanol–water partition coefficient (Wildman–Crippen LogP) is 4.76. The summed E-state index contributed by atoms with van der Waals surface area (Å²) in [7, 11) is 0. The molecule has 0 N–H and O–H groups in total. The van der Waals surface area contributed by atoms with Gasteiger partial charge in [-0.1, -0.05) is 25.0 Å². The molecule has 0 unspecified atom stereocenters. The Kier molecular flexibility index (Phi) is 4.97. The summed E-state index contributed by atoms with van der Waals surface area (Å²) in [5.41, 5.74) is 1.56. The van der Waals surface area contributed by atoms with Crippen molar-refractivity contribution in [1.29, 1.82) is 0 Å². The molecule has 3 atom stereocenters. The number of halogens is 1. The molecule has 1 aliphatic carbocycles. The van der Waals surface area contributed by atoms with Crippen molar-refractivity contribution >= 4 is 17.2 Å². The van der Waals surface area contributed by atoms with E-state index in [9.17, 15) is 9.18 Å². The number of thiophene rings is 1. The molecule has 5 rings (SSSR count). The number of hydrogen-bond donors (Lipinski definition) is 0. The average molecular weight is 399 g/mol. The molecule has 1 aromatic heterocycles. The number of carbonyl (C=O) groups is 1. The Bertz CT molecular complexity index is 833. The van der Waals surface area contributed by atoms with Crippen LogP contribution in [0.15, 0.2) is 41.1 Å². The summed E-state index contributed by atoms with van der Waals surface area (Å²) in [6, 6.07) is 9.56. The SMILES string of the molecule is O=C(c1ccccc1F)N1C[C@H](c2ccsc2)[C@H]2CN(C3CCCC3)CC[C@H]21. The Balaban J connectivity index is 1.43. The normalized spacial score (nSPS) is 28.6. The number of piperidine rings is 1. The summed E-state index contributed by atoms with van der Waals surface area (Å²) in [4.78, 5) is 17.9. The fraction of sp³-hybridized carbons (Fsp3) is 0.522. The van der Waals surface area contributed by atoms with Crippen LogP contribution in [-0.2, 0) is 0 Å². The summed E-state index contributed by atoms with van der Waals surface area (Å²) in [6.45, 7) is 2.83. The molecule has 3 heterocycles. The number of amides is 1. The van der Waals surface area contributed by atoms with Gasteiger partial charge >= 0.3 is 0 Å². The average Bonchev–Trinajstić information content (AvgIpc) is 3.47. The van der Waals surface area contributed by atoms with Gasteiger partial charge in [0.25, 0.3) is 5.91 Å². The highest BCUT2D eigenvalue weighted by molar-refractivity contribution is 7.08. The number of hydrogen-bond acceptors (Lipinski definition) is 3. The molecule has 0 bridgehead atoms. The van der Waals surface area contributed by atoms with Crippen LogP contribution in [-0.4, -0.2) is 47.4 Å². The van der Waals surface area contributed by atoms with Gasteiger partial charge in [-0.05, 0) is 53.8 Å². The molecule has 3 nitrogen and oxygen atoms in total. The number of nitrogens with zero attached hydrogens (tertiary/aromatic N) is 2. The second kappa shape index (κ2) is 7.60. The summed E-state index contributed by atoms with van der Waals surface area (Å²) in [5.74, 6) is 0.252. The summed E-state index contributed by atoms with van der Waals surface area (Å²) >= 11 is 1.72. The van der Waals surface area contributed by atoms with E-state index in [0.29, 0.717) is 18.4 Å². The van der Waals surface area contributed by atoms with Crippen LogP contribution in [0.5, 0.6) is 0 Å². The van der Waals surface area contributed by atoms with Gasteiger partial charge in [0, 0.05) is 43.6 Å². The molecule has 1 saturated carbocycles. The van der Waals surface area contributed by atoms with Crippen molar-refractivity contribution in [2.24, 2.45) is 5.92 Å². The van der Waals surface area contributed by atoms with Crippen LogP contribution in [0, 0.1) is 11.7 Å². The lowest BCUT2D eigenvalue weighted by Crippen LogP contribution is -2.50. The third-order valence-electron chi connectivity index (χ3n) is 7.14. The topological polar surface area (TPSA) is 23.6 Å². The van der Waals surface area contributed by atoms with Crippen molar-refractivity contribution in [2.45, 2.75) is 50.1 Å². The Morgan fingerprint density at radius 2 is 1.89 bits per heavy atom. The maximum atomic E-state index is 14.3. The Morgan fingerprint density at radius 3 is 2.64 bits per heavy atom. The highest BCUT2D eigenvalue weighted by Crippen LogP contribution is 2.44. The summed E-state index contributed by atoms with van der Waals surface area (Å²) < 4.78 is 14.3. The molecule has 2 aliphatic heterocycles. The second-order valence-electron chi connectivity index (χ2n) is 8.55. The van der Waals surface area contributed by atoms with Gasteiger partial charge in [0.1, 0.15) is 5.82 Å². The smallest absolute Gasteiger partial charge is 0.257 e. The quantitative estimate of drug-likeness (QED) is 0.744. The zero-order valence-electron chi connectivity index (χ0n) is 16.1. The molecule has 2 saturated heterocycles. The molecule has 3 fully saturated rings. The number of likely N-dealkylation sites (tertiary alicyclic amines) is 2. The Labute approximate surface area is 170 Å². The Morgan fingerprint density at radius 1 is 1.07 bits per heavy atom. The fourth-order valence-electron chi connectivity index (χ4n) is 5.72. The lowest BCUT2D eigenvalue weighted by atomic mass is 9.82. The predicted molar refractivity (Wildman–Crippen MR) is 110 cm³/mol. The molecule has 1 aromatic carbocycles. The zero-order chi connectivity index (χ0) is 19.1. The first-order valence-electron chi connectivity index (χ1n) is 10.5. The van der Waals surface area contributed by atoms with Gasteiger partial charge < -0.3 is 4.90 Å². The van der Waals surface area contributed by atoms with Gasteiger partial charge in [-0.3, -0.25) is 9.69 Å². The Hall–Kier alpha value is -1.72. The van der Waals surface area contributed by atoms with E-state index in [1.807, 2.05) is 4.90 Å². The van der Waals surface area contributed by atoms with E-state index in [1.54, 1.807) is 29.5 Å². The van der Waals surface area contributed by atoms with E-state index in [-0.39, 0.29) is 17.5 Å². The first-order valence-corrected chi connectivity index (χ1v) is 11.5. The van der Waals surface area contributed by atoms with Crippen molar-refractivity contribution in [3.8, 4) is 0 Å². The van der Waals surface area contributed by atoms with Crippen molar-refractivity contribution in [3.05, 3.63) is 58.0 Å². The molecule has 148 valence electrons. The van der Waals surface area contributed by atoms with Crippen LogP contribution in [0.4, 0.5) is 4.39 Å². The van der Waals surface area contributed by atoms with Gasteiger partial charge in [-0.15, -0.1) is 0 Å². The van der Waals surface area contributed by atoms with E-state index in [1.165, 1.54) is 37.3 Å². The van der Waals surface area contributed by atoms with Gasteiger partial charge in [0.05, 0.1) is 5.56 Å². The van der Waals surface area contributed by atoms with Crippen molar-refractivity contribution < 1.29 is 9.18 Å². The maximum absolute atomic E-state index is 14.3. The van der Waals surface area contributed by atoms with Crippen LogP contribution in [0.1, 0.15) is 53.9 Å². The molecule has 0 radical (unpaired) electrons. The molecular weight excluding hydrogens is 371 g/mol. The lowest BCUT2D eigenvalue weighted by Gasteiger charge is -2.41. The number of carbonyl (C=O) groups excluding carboxylic acids is 1. The molecular formula is C23H27FN2OS. The highest BCUT2D eigenvalue weighted by Gasteiger charge is 2.48. The molecule has 28 heavy (non-hydrogen) atoms. The zero-order valence-corrected chi connectivity index (χ0v) is 16.9. The van der Waals surface area contributed by atoms with Crippen LogP contribution < -0.4 is 0 Å². The van der Waals surface area contributed by atoms with E-state index in [2.05, 4.69) is 21.7 Å². The van der Waals surface area contributed by atoms with E-state index in [0.717, 1.165) is 25.6 Å². The second-order valence-corrected chi connectivity index (χ2v) is 9.33. The van der Waals surface area contributed by atoms with Crippen LogP contribution in [0.25, 0.3) is 0 Å². The van der Waals surface area contributed by atoms with Gasteiger partial charge in [0.2, 0.25) is 0 Å². The lowest BCUT2D eigenvalue weighted by molar-refractivity contribution is 0.0553. The maximum Gasteiger partial charge on any atom is 0.257 e. The first-order chi connectivity index (χ1) is 13.7. The standard InChI is InChI=1S/C23H27FN2OS/c24-21-8-4-3-7-18(21)23(27)26-14-19(16-10-12-28-15-16)20-13-25(11-9-22(20)26)17-5-1-2-6-17/h3-4,7-8,10,12,15,17,19-20,22H,1-2,5-6,9,11,13-14H2/t19-,20-,22-/m1/s1. The van der Waals surface area contributed by atoms with E-state index < -0.39 is 5.82 Å². The van der Waals surface area contributed by atoms with Crippen molar-refractivity contribution in [3.63, 3.8) is 0 Å². The first kappa shape index (κ1) is 18.3. The molecule has 1 amide bonds. The van der Waals surface area contributed by atoms with Crippen molar-refractivity contribution in [1.82, 2.24) is 9.80 Å². The molecule has 0 spiro atoms. The monoisotopic (exact) mass is 398 g/mol. The molecule has 5 heteroatoms. The minimum atomic E-state index is -0.411. The highest BCUT2D eigenvalue weighted by atomic mass is 32.1. The summed E-state index contributed by atoms with van der Waals surface area (Å²) in [5, 5.41) is 4.36. The third-order valence-corrected chi connectivity index (χ3v) is 7.84. The minimum Gasteiger partial charge on any atom is -0.335 e. The fourth-order valence-corrected chi connectivity index (χ4v) is 6.45. The van der Waals surface area contributed by atoms with Gasteiger partial charge in [0.15, 0.2) is 0 Å². The third kappa shape index (κ3) is 3.18. The van der Waals surface area contributed by atoms with Crippen LogP contribution in [0.3, 0.4) is 0 Å². The van der Waals surface area contributed by atoms with Gasteiger partial charge in [-0.2, -0.15) is 11.3 Å². The summed E-state index contributed by atoms with van der Waals surface area (Å²) in [6.07, 6.45) is 6.33. The van der Waals surface area contributed by atoms with Crippen molar-refractivity contribution in [2.75, 3.05) is 19.6 Å². The number of fused-ring (bicyclic) bond motifs is 1. The van der Waals surface area contributed by atoms with E-state index >= 15 is 0 Å². The largest absolute Gasteiger partial charge is 0.335 e. The van der Waals surface area contributed by atoms with Gasteiger partial charge in [-0.25, -0.2) is 4.39 Å². The number of benzene rings is 1. The minimum absolute atomic E-state index is 0.139. The van der Waals surface area contributed by atoms with Crippen LogP contribution in [0.2, 0.25) is 0 Å². The van der Waals surface area contributed by atoms with E-state index in [4.69, 9.17) is 0 Å². The van der Waals surface area contributed by atoms with Crippen LogP contribution >= 0.6 is 11.3 Å².